The molecule has 0 aromatic heterocycles. The molecule has 0 amide bonds. The largest absolute Gasteiger partial charge is 0.494 e. The summed E-state index contributed by atoms with van der Waals surface area (Å²) < 4.78 is 11.4. The van der Waals surface area contributed by atoms with Gasteiger partial charge in [-0.1, -0.05) is 95.7 Å². The van der Waals surface area contributed by atoms with Crippen LogP contribution in [0, 0.1) is 5.92 Å². The number of carbonyl (C=O) groups is 1. The van der Waals surface area contributed by atoms with Crippen molar-refractivity contribution in [2.45, 2.75) is 85.0 Å². The van der Waals surface area contributed by atoms with E-state index in [0.29, 0.717) is 17.9 Å². The van der Waals surface area contributed by atoms with Gasteiger partial charge in [0.15, 0.2) is 0 Å². The van der Waals surface area contributed by atoms with Gasteiger partial charge in [-0.15, -0.1) is 0 Å². The van der Waals surface area contributed by atoms with E-state index in [1.54, 1.807) is 12.1 Å². The monoisotopic (exact) mass is 500 g/mol. The highest BCUT2D eigenvalue weighted by Crippen LogP contribution is 2.24. The Morgan fingerprint density at radius 1 is 0.703 bits per heavy atom. The molecule has 37 heavy (non-hydrogen) atoms. The Hall–Kier alpha value is -3.07. The van der Waals surface area contributed by atoms with Gasteiger partial charge in [-0.25, -0.2) is 4.79 Å². The summed E-state index contributed by atoms with van der Waals surface area (Å²) in [6.07, 6.45) is 12.5. The van der Waals surface area contributed by atoms with Gasteiger partial charge in [-0.2, -0.15) is 0 Å². The third-order valence-corrected chi connectivity index (χ3v) is 7.07. The van der Waals surface area contributed by atoms with Crippen LogP contribution in [-0.2, 0) is 6.42 Å². The minimum absolute atomic E-state index is 0.366. The fourth-order valence-corrected chi connectivity index (χ4v) is 4.37. The average molecular weight is 501 g/mol. The van der Waals surface area contributed by atoms with E-state index in [4.69, 9.17) is 9.47 Å². The topological polar surface area (TPSA) is 35.5 Å². The zero-order valence-electron chi connectivity index (χ0n) is 23.0. The molecular formula is C34H44O3. The van der Waals surface area contributed by atoms with Crippen LogP contribution in [0.1, 0.15) is 94.5 Å². The van der Waals surface area contributed by atoms with Crippen LogP contribution in [-0.4, -0.2) is 12.6 Å². The fourth-order valence-electron chi connectivity index (χ4n) is 4.37. The van der Waals surface area contributed by atoms with Crippen molar-refractivity contribution in [2.75, 3.05) is 6.61 Å². The second kappa shape index (κ2) is 15.9. The first kappa shape index (κ1) is 28.5. The lowest BCUT2D eigenvalue weighted by Crippen LogP contribution is -2.08. The molecule has 0 bridgehead atoms. The van der Waals surface area contributed by atoms with E-state index >= 15 is 0 Å². The standard InChI is InChI=1S/C34H44O3/c1-4-6-7-8-9-10-13-28-14-16-29(17-15-28)30-18-24-33(25-19-30)37-34(35)31-20-22-32(23-21-31)36-26-11-12-27(3)5-2/h14-25,27H,4-13,26H2,1-3H3. The summed E-state index contributed by atoms with van der Waals surface area (Å²) >= 11 is 0. The van der Waals surface area contributed by atoms with Gasteiger partial charge in [0, 0.05) is 0 Å². The number of benzene rings is 3. The third kappa shape index (κ3) is 10.1. The molecule has 0 heterocycles. The van der Waals surface area contributed by atoms with Crippen molar-refractivity contribution < 1.29 is 14.3 Å². The van der Waals surface area contributed by atoms with Crippen molar-refractivity contribution in [3.63, 3.8) is 0 Å². The predicted octanol–water partition coefficient (Wildman–Crippen LogP) is 9.68. The molecule has 0 saturated heterocycles. The Bertz CT molecular complexity index is 1040. The van der Waals surface area contributed by atoms with Gasteiger partial charge in [-0.3, -0.25) is 0 Å². The van der Waals surface area contributed by atoms with Crippen LogP contribution in [0.4, 0.5) is 0 Å². The van der Waals surface area contributed by atoms with Crippen molar-refractivity contribution in [2.24, 2.45) is 5.92 Å². The molecule has 1 unspecified atom stereocenters. The Kier molecular flexibility index (Phi) is 12.3. The van der Waals surface area contributed by atoms with Gasteiger partial charge in [0.25, 0.3) is 0 Å². The molecular weight excluding hydrogens is 456 g/mol. The number of rotatable bonds is 16. The number of ether oxygens (including phenoxy) is 2. The van der Waals surface area contributed by atoms with Crippen LogP contribution >= 0.6 is 0 Å². The highest BCUT2D eigenvalue weighted by molar-refractivity contribution is 5.91. The van der Waals surface area contributed by atoms with Gasteiger partial charge in [0.2, 0.25) is 0 Å². The van der Waals surface area contributed by atoms with Crippen molar-refractivity contribution in [3.05, 3.63) is 83.9 Å². The van der Waals surface area contributed by atoms with E-state index in [1.807, 2.05) is 36.4 Å². The van der Waals surface area contributed by atoms with Crippen molar-refractivity contribution in [3.8, 4) is 22.6 Å². The van der Waals surface area contributed by atoms with Gasteiger partial charge < -0.3 is 9.47 Å². The second-order valence-corrected chi connectivity index (χ2v) is 10.2. The molecule has 3 nitrogen and oxygen atoms in total. The highest BCUT2D eigenvalue weighted by Gasteiger charge is 2.09. The molecule has 0 aliphatic carbocycles. The summed E-state index contributed by atoms with van der Waals surface area (Å²) in [6, 6.07) is 23.7. The molecule has 198 valence electrons. The number of aryl methyl sites for hydroxylation is 1. The first-order valence-corrected chi connectivity index (χ1v) is 14.2. The summed E-state index contributed by atoms with van der Waals surface area (Å²) in [6.45, 7) is 7.44. The number of hydrogen-bond donors (Lipinski definition) is 0. The minimum atomic E-state index is -0.366. The Balaban J connectivity index is 1.44. The van der Waals surface area contributed by atoms with Gasteiger partial charge >= 0.3 is 5.97 Å². The van der Waals surface area contributed by atoms with Gasteiger partial charge in [0.1, 0.15) is 11.5 Å². The van der Waals surface area contributed by atoms with Crippen LogP contribution < -0.4 is 9.47 Å². The van der Waals surface area contributed by atoms with Gasteiger partial charge in [0.05, 0.1) is 12.2 Å². The molecule has 3 heteroatoms. The van der Waals surface area contributed by atoms with E-state index in [0.717, 1.165) is 30.1 Å². The fraction of sp³-hybridized carbons (Fsp3) is 0.441. The minimum Gasteiger partial charge on any atom is -0.494 e. The lowest BCUT2D eigenvalue weighted by atomic mass is 10.0. The number of hydrogen-bond acceptors (Lipinski definition) is 3. The summed E-state index contributed by atoms with van der Waals surface area (Å²) in [5.74, 6) is 1.69. The van der Waals surface area contributed by atoms with E-state index in [-0.39, 0.29) is 5.97 Å². The smallest absolute Gasteiger partial charge is 0.343 e. The summed E-state index contributed by atoms with van der Waals surface area (Å²) in [5, 5.41) is 0. The second-order valence-electron chi connectivity index (χ2n) is 10.2. The molecule has 0 spiro atoms. The van der Waals surface area contributed by atoms with Crippen LogP contribution in [0.3, 0.4) is 0 Å². The number of esters is 1. The average Bonchev–Trinajstić information content (AvgIpc) is 2.94. The molecule has 3 aromatic rings. The van der Waals surface area contributed by atoms with Crippen LogP contribution in [0.25, 0.3) is 11.1 Å². The summed E-state index contributed by atoms with van der Waals surface area (Å²) in [4.78, 5) is 12.6. The Morgan fingerprint density at radius 2 is 1.30 bits per heavy atom. The zero-order chi connectivity index (χ0) is 26.3. The third-order valence-electron chi connectivity index (χ3n) is 7.07. The molecule has 3 rings (SSSR count). The van der Waals surface area contributed by atoms with Gasteiger partial charge in [-0.05, 0) is 84.7 Å². The zero-order valence-corrected chi connectivity index (χ0v) is 23.0. The van der Waals surface area contributed by atoms with Crippen molar-refractivity contribution >= 4 is 5.97 Å². The van der Waals surface area contributed by atoms with E-state index in [9.17, 15) is 4.79 Å². The van der Waals surface area contributed by atoms with Crippen LogP contribution in [0.15, 0.2) is 72.8 Å². The normalized spacial score (nSPS) is 11.8. The van der Waals surface area contributed by atoms with Crippen LogP contribution in [0.5, 0.6) is 11.5 Å². The Morgan fingerprint density at radius 3 is 1.95 bits per heavy atom. The molecule has 0 aliphatic rings. The Labute approximate surface area is 224 Å². The molecule has 0 N–H and O–H groups in total. The summed E-state index contributed by atoms with van der Waals surface area (Å²) in [5.41, 5.74) is 4.19. The lowest BCUT2D eigenvalue weighted by Gasteiger charge is -2.10. The molecule has 1 atom stereocenters. The highest BCUT2D eigenvalue weighted by atomic mass is 16.5. The maximum Gasteiger partial charge on any atom is 0.343 e. The van der Waals surface area contributed by atoms with Crippen LogP contribution in [0.2, 0.25) is 0 Å². The van der Waals surface area contributed by atoms with E-state index in [1.165, 1.54) is 62.5 Å². The first-order chi connectivity index (χ1) is 18.1. The number of unbranched alkanes of at least 4 members (excludes halogenated alkanes) is 5. The lowest BCUT2D eigenvalue weighted by molar-refractivity contribution is 0.0734. The summed E-state index contributed by atoms with van der Waals surface area (Å²) in [7, 11) is 0. The maximum atomic E-state index is 12.6. The molecule has 3 aromatic carbocycles. The molecule has 0 saturated carbocycles. The maximum absolute atomic E-state index is 12.6. The molecule has 0 fully saturated rings. The first-order valence-electron chi connectivity index (χ1n) is 14.2. The van der Waals surface area contributed by atoms with Crippen molar-refractivity contribution in [1.29, 1.82) is 0 Å². The van der Waals surface area contributed by atoms with Crippen molar-refractivity contribution in [1.82, 2.24) is 0 Å². The molecule has 0 aliphatic heterocycles. The van der Waals surface area contributed by atoms with E-state index in [2.05, 4.69) is 45.0 Å². The SMILES string of the molecule is CCCCCCCCc1ccc(-c2ccc(OC(=O)c3ccc(OCCCC(C)CC)cc3)cc2)cc1. The quantitative estimate of drug-likeness (QED) is 0.112. The van der Waals surface area contributed by atoms with E-state index < -0.39 is 0 Å². The molecule has 0 radical (unpaired) electrons. The predicted molar refractivity (Wildman–Crippen MR) is 155 cm³/mol. The number of carbonyl (C=O) groups excluding carboxylic acids is 1.